The Kier molecular flexibility index (Phi) is 10.2. The molecule has 1 aromatic rings. The lowest BCUT2D eigenvalue weighted by Crippen LogP contribution is -2.28. The smallest absolute Gasteiger partial charge is 0.233 e. The molecule has 10 heteroatoms. The maximum Gasteiger partial charge on any atom is 0.233 e. The van der Waals surface area contributed by atoms with Gasteiger partial charge >= 0.3 is 0 Å². The van der Waals surface area contributed by atoms with Gasteiger partial charge in [-0.25, -0.2) is 12.8 Å². The zero-order chi connectivity index (χ0) is 24.4. The van der Waals surface area contributed by atoms with E-state index >= 15 is 0 Å². The standard InChI is InChI=1S/C23H30FNO7S/c1-33(30,31)25-23(29)7-5-3-2-4-6-19-20(22(28)14-21(19)27)13-10-17(26)15-32-18-11-8-16(24)9-12-18/h2,4,8-13,17,19-20,22,26,28H,3,5-7,14-15H2,1H3,(H,25,29)/b4-2-,13-10+/t17-,19-,20?,22-/m1/s1. The molecule has 4 atom stereocenters. The maximum absolute atomic E-state index is 12.9. The number of allylic oxidation sites excluding steroid dienone is 2. The highest BCUT2D eigenvalue weighted by Crippen LogP contribution is 2.33. The minimum absolute atomic E-state index is 0.0430. The van der Waals surface area contributed by atoms with Crippen LogP contribution in [-0.2, 0) is 19.6 Å². The maximum atomic E-state index is 12.9. The van der Waals surface area contributed by atoms with Gasteiger partial charge in [0.15, 0.2) is 0 Å². The summed E-state index contributed by atoms with van der Waals surface area (Å²) in [6.45, 7) is -0.0592. The molecule has 0 aliphatic heterocycles. The van der Waals surface area contributed by atoms with Gasteiger partial charge in [-0.1, -0.05) is 24.3 Å². The topological polar surface area (TPSA) is 130 Å². The molecule has 1 unspecified atom stereocenters. The molecule has 1 aliphatic rings. The largest absolute Gasteiger partial charge is 0.491 e. The van der Waals surface area contributed by atoms with E-state index in [-0.39, 0.29) is 31.0 Å². The number of ketones is 1. The van der Waals surface area contributed by atoms with E-state index in [1.54, 1.807) is 6.08 Å². The van der Waals surface area contributed by atoms with E-state index in [0.29, 0.717) is 25.0 Å². The van der Waals surface area contributed by atoms with Gasteiger partial charge in [-0.15, -0.1) is 0 Å². The third kappa shape index (κ3) is 9.85. The molecule has 33 heavy (non-hydrogen) atoms. The molecule has 1 amide bonds. The van der Waals surface area contributed by atoms with Crippen molar-refractivity contribution in [2.75, 3.05) is 12.9 Å². The van der Waals surface area contributed by atoms with Crippen LogP contribution >= 0.6 is 0 Å². The first-order valence-corrected chi connectivity index (χ1v) is 12.6. The molecule has 0 spiro atoms. The average molecular weight is 484 g/mol. The van der Waals surface area contributed by atoms with E-state index in [4.69, 9.17) is 4.74 Å². The summed E-state index contributed by atoms with van der Waals surface area (Å²) in [6, 6.07) is 5.40. The normalized spacial score (nSPS) is 22.2. The van der Waals surface area contributed by atoms with Crippen molar-refractivity contribution in [1.82, 2.24) is 4.72 Å². The fraction of sp³-hybridized carbons (Fsp3) is 0.478. The van der Waals surface area contributed by atoms with Crippen LogP contribution in [0.15, 0.2) is 48.6 Å². The van der Waals surface area contributed by atoms with Crippen molar-refractivity contribution in [3.8, 4) is 5.75 Å². The van der Waals surface area contributed by atoms with Crippen LogP contribution in [0.3, 0.4) is 0 Å². The van der Waals surface area contributed by atoms with Crippen LogP contribution in [0, 0.1) is 17.7 Å². The molecule has 2 rings (SSSR count). The molecule has 1 saturated carbocycles. The summed E-state index contributed by atoms with van der Waals surface area (Å²) in [6.07, 6.45) is 7.37. The second kappa shape index (κ2) is 12.6. The zero-order valence-electron chi connectivity index (χ0n) is 18.4. The molecule has 0 heterocycles. The van der Waals surface area contributed by atoms with E-state index in [9.17, 15) is 32.6 Å². The van der Waals surface area contributed by atoms with Crippen molar-refractivity contribution in [3.63, 3.8) is 0 Å². The lowest BCUT2D eigenvalue weighted by atomic mass is 9.90. The number of aliphatic hydroxyl groups is 2. The Hall–Kier alpha value is -2.56. The molecule has 3 N–H and O–H groups in total. The average Bonchev–Trinajstić information content (AvgIpc) is 2.99. The fourth-order valence-electron chi connectivity index (χ4n) is 3.55. The van der Waals surface area contributed by atoms with E-state index in [0.717, 1.165) is 6.26 Å². The molecule has 0 bridgehead atoms. The predicted molar refractivity (Wildman–Crippen MR) is 120 cm³/mol. The number of unbranched alkanes of at least 4 members (excludes halogenated alkanes) is 1. The van der Waals surface area contributed by atoms with Crippen LogP contribution < -0.4 is 9.46 Å². The van der Waals surface area contributed by atoms with E-state index in [1.165, 1.54) is 30.3 Å². The van der Waals surface area contributed by atoms with Crippen molar-refractivity contribution in [1.29, 1.82) is 0 Å². The third-order valence-corrected chi connectivity index (χ3v) is 5.75. The number of carbonyl (C=O) groups is 2. The van der Waals surface area contributed by atoms with Crippen LogP contribution in [0.25, 0.3) is 0 Å². The number of halogens is 1. The van der Waals surface area contributed by atoms with Crippen molar-refractivity contribution in [3.05, 3.63) is 54.4 Å². The van der Waals surface area contributed by atoms with Crippen molar-refractivity contribution in [2.24, 2.45) is 11.8 Å². The number of carbonyl (C=O) groups excluding carboxylic acids is 2. The Morgan fingerprint density at radius 1 is 1.30 bits per heavy atom. The second-order valence-electron chi connectivity index (χ2n) is 8.04. The number of benzene rings is 1. The van der Waals surface area contributed by atoms with Gasteiger partial charge in [0.05, 0.1) is 12.4 Å². The quantitative estimate of drug-likeness (QED) is 0.306. The first kappa shape index (κ1) is 26.7. The highest BCUT2D eigenvalue weighted by atomic mass is 32.2. The Morgan fingerprint density at radius 2 is 2.00 bits per heavy atom. The van der Waals surface area contributed by atoms with Crippen LogP contribution in [0.5, 0.6) is 5.75 Å². The van der Waals surface area contributed by atoms with Crippen LogP contribution in [0.4, 0.5) is 4.39 Å². The summed E-state index contributed by atoms with van der Waals surface area (Å²) in [5.41, 5.74) is 0. The SMILES string of the molecule is CS(=O)(=O)NC(=O)CCC/C=C\C[C@H]1C(=O)C[C@@H](O)C1/C=C/[C@@H](O)COc1ccc(F)cc1. The number of rotatable bonds is 12. The second-order valence-corrected chi connectivity index (χ2v) is 9.78. The number of aliphatic hydroxyl groups excluding tert-OH is 2. The molecule has 0 radical (unpaired) electrons. The molecular weight excluding hydrogens is 453 g/mol. The van der Waals surface area contributed by atoms with Gasteiger partial charge in [0.2, 0.25) is 15.9 Å². The number of sulfonamides is 1. The number of amides is 1. The molecule has 1 aromatic carbocycles. The number of nitrogens with one attached hydrogen (secondary N) is 1. The summed E-state index contributed by atoms with van der Waals surface area (Å²) >= 11 is 0. The number of Topliss-reactive ketones (excluding diaryl/α,β-unsaturated/α-hetero) is 1. The fourth-order valence-corrected chi connectivity index (χ4v) is 4.07. The third-order valence-electron chi connectivity index (χ3n) is 5.15. The lowest BCUT2D eigenvalue weighted by molar-refractivity contribution is -0.121. The number of ether oxygens (including phenoxy) is 1. The molecule has 8 nitrogen and oxygen atoms in total. The van der Waals surface area contributed by atoms with E-state index < -0.39 is 40.0 Å². The molecular formula is C23H30FNO7S. The van der Waals surface area contributed by atoms with Gasteiger partial charge in [-0.3, -0.25) is 14.3 Å². The summed E-state index contributed by atoms with van der Waals surface area (Å²) < 4.78 is 42.2. The van der Waals surface area contributed by atoms with E-state index in [1.807, 2.05) is 16.9 Å². The van der Waals surface area contributed by atoms with E-state index in [2.05, 4.69) is 0 Å². The van der Waals surface area contributed by atoms with Crippen LogP contribution in [0.1, 0.15) is 32.1 Å². The van der Waals surface area contributed by atoms with Gasteiger partial charge in [-0.05, 0) is 43.5 Å². The molecule has 0 aromatic heterocycles. The van der Waals surface area contributed by atoms with Gasteiger partial charge in [0.25, 0.3) is 0 Å². The van der Waals surface area contributed by atoms with Crippen molar-refractivity contribution >= 4 is 21.7 Å². The molecule has 1 fully saturated rings. The van der Waals surface area contributed by atoms with Crippen molar-refractivity contribution < 1.29 is 37.3 Å². The Labute approximate surface area is 193 Å². The summed E-state index contributed by atoms with van der Waals surface area (Å²) in [5, 5.41) is 20.3. The predicted octanol–water partition coefficient (Wildman–Crippen LogP) is 1.88. The van der Waals surface area contributed by atoms with Gasteiger partial charge in [0.1, 0.15) is 30.1 Å². The van der Waals surface area contributed by atoms with Gasteiger partial charge < -0.3 is 14.9 Å². The first-order valence-electron chi connectivity index (χ1n) is 10.7. The summed E-state index contributed by atoms with van der Waals surface area (Å²) in [4.78, 5) is 23.7. The number of hydrogen-bond acceptors (Lipinski definition) is 7. The summed E-state index contributed by atoms with van der Waals surface area (Å²) in [7, 11) is -3.56. The molecule has 1 aliphatic carbocycles. The first-order chi connectivity index (χ1) is 15.5. The van der Waals surface area contributed by atoms with Crippen LogP contribution in [-0.4, -0.2) is 55.4 Å². The number of hydrogen-bond donors (Lipinski definition) is 3. The Balaban J connectivity index is 1.79. The Morgan fingerprint density at radius 3 is 2.67 bits per heavy atom. The minimum Gasteiger partial charge on any atom is -0.491 e. The zero-order valence-corrected chi connectivity index (χ0v) is 19.2. The van der Waals surface area contributed by atoms with Crippen molar-refractivity contribution in [2.45, 2.75) is 44.3 Å². The Bertz CT molecular complexity index is 960. The lowest BCUT2D eigenvalue weighted by Gasteiger charge is -2.17. The van der Waals surface area contributed by atoms with Gasteiger partial charge in [0, 0.05) is 24.7 Å². The molecule has 182 valence electrons. The van der Waals surface area contributed by atoms with Crippen LogP contribution in [0.2, 0.25) is 0 Å². The molecule has 0 saturated heterocycles. The van der Waals surface area contributed by atoms with Gasteiger partial charge in [-0.2, -0.15) is 0 Å². The highest BCUT2D eigenvalue weighted by Gasteiger charge is 2.39. The summed E-state index contributed by atoms with van der Waals surface area (Å²) in [5.74, 6) is -1.47. The minimum atomic E-state index is -3.56. The monoisotopic (exact) mass is 483 g/mol. The highest BCUT2D eigenvalue weighted by molar-refractivity contribution is 7.89.